The molecular weight excluding hydrogens is 434 g/mol. The fraction of sp³-hybridized carbons (Fsp3) is 0.200. The maximum Gasteiger partial charge on any atom is 0.267 e. The number of hydrogen-bond donors (Lipinski definition) is 0. The van der Waals surface area contributed by atoms with Crippen LogP contribution in [0.15, 0.2) is 76.8 Å². The van der Waals surface area contributed by atoms with Crippen LogP contribution in [0.1, 0.15) is 35.8 Å². The minimum Gasteiger partial charge on any atom is -0.348 e. The van der Waals surface area contributed by atoms with Gasteiger partial charge in [-0.1, -0.05) is 55.9 Å². The van der Waals surface area contributed by atoms with E-state index in [1.165, 1.54) is 11.8 Å². The van der Waals surface area contributed by atoms with Gasteiger partial charge in [0, 0.05) is 13.2 Å². The van der Waals surface area contributed by atoms with Gasteiger partial charge < -0.3 is 4.57 Å². The van der Waals surface area contributed by atoms with Crippen LogP contribution >= 0.6 is 11.8 Å². The zero-order valence-corrected chi connectivity index (χ0v) is 19.4. The van der Waals surface area contributed by atoms with Crippen molar-refractivity contribution in [2.75, 3.05) is 5.75 Å². The predicted molar refractivity (Wildman–Crippen MR) is 131 cm³/mol. The molecule has 0 spiro atoms. The maximum absolute atomic E-state index is 13.6. The second-order valence-electron chi connectivity index (χ2n) is 8.21. The number of nitrogens with zero attached hydrogens (tertiary/aromatic N) is 5. The van der Waals surface area contributed by atoms with Crippen LogP contribution in [0, 0.1) is 0 Å². The number of para-hydroxylation sites is 2. The van der Waals surface area contributed by atoms with E-state index in [1.807, 2.05) is 72.2 Å². The molecule has 0 amide bonds. The number of carbonyl (C=O) groups excluding carboxylic acids is 1. The highest BCUT2D eigenvalue weighted by molar-refractivity contribution is 7.99. The minimum atomic E-state index is -0.143. The van der Waals surface area contributed by atoms with Gasteiger partial charge in [0.05, 0.1) is 28.0 Å². The van der Waals surface area contributed by atoms with Crippen molar-refractivity contribution in [2.24, 2.45) is 7.05 Å². The first-order valence-electron chi connectivity index (χ1n) is 10.7. The third-order valence-electron chi connectivity index (χ3n) is 5.76. The smallest absolute Gasteiger partial charge is 0.267 e. The highest BCUT2D eigenvalue weighted by atomic mass is 32.2. The number of aryl methyl sites for hydroxylation is 1. The topological polar surface area (TPSA) is 74.2 Å². The summed E-state index contributed by atoms with van der Waals surface area (Å²) >= 11 is 1.32. The van der Waals surface area contributed by atoms with Gasteiger partial charge in [0.2, 0.25) is 5.78 Å². The number of Topliss-reactive ketones (excluding diaryl/α,β-unsaturated/α-hetero) is 1. The summed E-state index contributed by atoms with van der Waals surface area (Å²) in [5, 5.41) is 9.92. The highest BCUT2D eigenvalue weighted by Gasteiger charge is 2.21. The second kappa shape index (κ2) is 8.37. The number of thioether (sulfide) groups is 1. The Hall–Kier alpha value is -3.65. The molecule has 0 unspecified atom stereocenters. The molecule has 0 saturated carbocycles. The first-order chi connectivity index (χ1) is 16.0. The summed E-state index contributed by atoms with van der Waals surface area (Å²) in [5.41, 5.74) is 3.05. The molecule has 0 atom stereocenters. The number of benzene rings is 2. The predicted octanol–water partition coefficient (Wildman–Crippen LogP) is 4.47. The molecule has 5 rings (SSSR count). The van der Waals surface area contributed by atoms with Gasteiger partial charge in [-0.3, -0.25) is 14.0 Å². The average molecular weight is 458 g/mol. The van der Waals surface area contributed by atoms with E-state index in [-0.39, 0.29) is 23.0 Å². The Bertz CT molecular complexity index is 1560. The SMILES string of the molecule is CC(C)c1ccccc1-n1c(=O)c2ccccc2n2c(SCC(=O)c3cccn3C)nnc12. The summed E-state index contributed by atoms with van der Waals surface area (Å²) in [7, 11) is 1.85. The summed E-state index contributed by atoms with van der Waals surface area (Å²) in [6, 6.07) is 19.0. The Morgan fingerprint density at radius 1 is 1.00 bits per heavy atom. The van der Waals surface area contributed by atoms with Gasteiger partial charge >= 0.3 is 0 Å². The van der Waals surface area contributed by atoms with E-state index in [0.717, 1.165) is 16.8 Å². The molecule has 7 nitrogen and oxygen atoms in total. The minimum absolute atomic E-state index is 0.00651. The molecule has 8 heteroatoms. The second-order valence-corrected chi connectivity index (χ2v) is 9.15. The molecule has 166 valence electrons. The summed E-state index contributed by atoms with van der Waals surface area (Å²) in [6.07, 6.45) is 1.85. The average Bonchev–Trinajstić information content (AvgIpc) is 3.44. The molecule has 33 heavy (non-hydrogen) atoms. The quantitative estimate of drug-likeness (QED) is 0.278. The molecule has 0 aliphatic heterocycles. The Morgan fingerprint density at radius 2 is 1.76 bits per heavy atom. The molecule has 0 radical (unpaired) electrons. The van der Waals surface area contributed by atoms with E-state index in [9.17, 15) is 9.59 Å². The maximum atomic E-state index is 13.6. The van der Waals surface area contributed by atoms with Crippen molar-refractivity contribution in [1.82, 2.24) is 23.7 Å². The molecular formula is C25H23N5O2S. The Kier molecular flexibility index (Phi) is 5.38. The molecule has 0 N–H and O–H groups in total. The first kappa shape index (κ1) is 21.2. The van der Waals surface area contributed by atoms with Gasteiger partial charge in [-0.25, -0.2) is 4.57 Å². The summed E-state index contributed by atoms with van der Waals surface area (Å²) in [4.78, 5) is 26.3. The van der Waals surface area contributed by atoms with Crippen molar-refractivity contribution in [1.29, 1.82) is 0 Å². The van der Waals surface area contributed by atoms with Crippen molar-refractivity contribution in [3.63, 3.8) is 0 Å². The lowest BCUT2D eigenvalue weighted by atomic mass is 10.0. The molecule has 5 aromatic rings. The summed E-state index contributed by atoms with van der Waals surface area (Å²) in [6.45, 7) is 4.20. The molecule has 0 aliphatic carbocycles. The number of aromatic nitrogens is 5. The lowest BCUT2D eigenvalue weighted by Gasteiger charge is -2.16. The molecule has 0 bridgehead atoms. The van der Waals surface area contributed by atoms with Crippen LogP contribution in [0.5, 0.6) is 0 Å². The van der Waals surface area contributed by atoms with Crippen molar-refractivity contribution in [3.8, 4) is 5.69 Å². The first-order valence-corrected chi connectivity index (χ1v) is 11.7. The van der Waals surface area contributed by atoms with E-state index in [0.29, 0.717) is 22.0 Å². The lowest BCUT2D eigenvalue weighted by molar-refractivity contribution is 0.101. The monoisotopic (exact) mass is 457 g/mol. The normalized spacial score (nSPS) is 11.6. The Balaban J connectivity index is 1.70. The third-order valence-corrected chi connectivity index (χ3v) is 6.69. The number of rotatable bonds is 6. The van der Waals surface area contributed by atoms with Gasteiger partial charge in [0.25, 0.3) is 5.56 Å². The van der Waals surface area contributed by atoms with Crippen molar-refractivity contribution >= 4 is 34.2 Å². The van der Waals surface area contributed by atoms with Crippen molar-refractivity contribution in [2.45, 2.75) is 24.9 Å². The fourth-order valence-corrected chi connectivity index (χ4v) is 4.94. The Labute approximate surface area is 194 Å². The summed E-state index contributed by atoms with van der Waals surface area (Å²) < 4.78 is 5.31. The van der Waals surface area contributed by atoms with Crippen molar-refractivity contribution in [3.05, 3.63) is 88.5 Å². The van der Waals surface area contributed by atoms with E-state index >= 15 is 0 Å². The number of carbonyl (C=O) groups is 1. The fourth-order valence-electron chi connectivity index (χ4n) is 4.12. The zero-order chi connectivity index (χ0) is 23.1. The van der Waals surface area contributed by atoms with Crippen LogP contribution < -0.4 is 5.56 Å². The summed E-state index contributed by atoms with van der Waals surface area (Å²) in [5.74, 6) is 0.876. The lowest BCUT2D eigenvalue weighted by Crippen LogP contribution is -2.23. The molecule has 0 saturated heterocycles. The van der Waals surface area contributed by atoms with Gasteiger partial charge in [-0.05, 0) is 41.8 Å². The van der Waals surface area contributed by atoms with Crippen molar-refractivity contribution < 1.29 is 4.79 Å². The van der Waals surface area contributed by atoms with Crippen LogP contribution in [0.2, 0.25) is 0 Å². The Morgan fingerprint density at radius 3 is 2.52 bits per heavy atom. The van der Waals surface area contributed by atoms with Gasteiger partial charge in [-0.15, -0.1) is 10.2 Å². The standard InChI is InChI=1S/C25H23N5O2S/c1-16(2)17-9-4-6-11-19(17)29-23(32)18-10-5-7-12-20(18)30-24(29)26-27-25(30)33-15-22(31)21-13-8-14-28(21)3/h4-14,16H,15H2,1-3H3. The largest absolute Gasteiger partial charge is 0.348 e. The number of fused-ring (bicyclic) bond motifs is 3. The van der Waals surface area contributed by atoms with Gasteiger partial charge in [0.1, 0.15) is 0 Å². The van der Waals surface area contributed by atoms with Crippen LogP contribution in [0.25, 0.3) is 22.4 Å². The van der Waals surface area contributed by atoms with Crippen LogP contribution in [0.4, 0.5) is 0 Å². The third kappa shape index (κ3) is 3.56. The van der Waals surface area contributed by atoms with E-state index in [4.69, 9.17) is 0 Å². The molecule has 3 heterocycles. The molecule has 0 aliphatic rings. The highest BCUT2D eigenvalue weighted by Crippen LogP contribution is 2.27. The van der Waals surface area contributed by atoms with E-state index < -0.39 is 0 Å². The molecule has 2 aromatic carbocycles. The zero-order valence-electron chi connectivity index (χ0n) is 18.6. The van der Waals surface area contributed by atoms with E-state index in [1.54, 1.807) is 15.2 Å². The number of hydrogen-bond acceptors (Lipinski definition) is 5. The molecule has 0 fully saturated rings. The van der Waals surface area contributed by atoms with Crippen LogP contribution in [-0.2, 0) is 7.05 Å². The van der Waals surface area contributed by atoms with Crippen LogP contribution in [0.3, 0.4) is 0 Å². The van der Waals surface area contributed by atoms with E-state index in [2.05, 4.69) is 24.0 Å². The molecule has 3 aromatic heterocycles. The number of ketones is 1. The van der Waals surface area contributed by atoms with Gasteiger partial charge in [-0.2, -0.15) is 0 Å². The van der Waals surface area contributed by atoms with Gasteiger partial charge in [0.15, 0.2) is 10.9 Å². The van der Waals surface area contributed by atoms with Crippen LogP contribution in [-0.4, -0.2) is 35.3 Å².